The van der Waals surface area contributed by atoms with Gasteiger partial charge in [0, 0.05) is 20.0 Å². The molecule has 0 aromatic heterocycles. The molecule has 19 heavy (non-hydrogen) atoms. The summed E-state index contributed by atoms with van der Waals surface area (Å²) in [5.74, 6) is -0.196. The summed E-state index contributed by atoms with van der Waals surface area (Å²) in [6.07, 6.45) is -2.60. The first-order chi connectivity index (χ1) is 9.02. The van der Waals surface area contributed by atoms with Crippen LogP contribution in [0.4, 0.5) is 0 Å². The standard InChI is InChI=1S/C11H19N3O4S/c1-3-12-11-14-7-9(17)8(16)6(4-13-5(2)15)18-10(7)19-11/h6-10,16-17H,3-4H2,1-2H3,(H,12,14)(H,13,15)/t6-,7-,8-,9-,10-/m1/s1. The van der Waals surface area contributed by atoms with Crippen molar-refractivity contribution in [2.75, 3.05) is 13.1 Å². The van der Waals surface area contributed by atoms with E-state index in [2.05, 4.69) is 15.6 Å². The molecule has 2 fully saturated rings. The maximum Gasteiger partial charge on any atom is 0.216 e. The lowest BCUT2D eigenvalue weighted by molar-refractivity contribution is -0.155. The summed E-state index contributed by atoms with van der Waals surface area (Å²) in [7, 11) is 0. The molecule has 8 heteroatoms. The van der Waals surface area contributed by atoms with E-state index >= 15 is 0 Å². The van der Waals surface area contributed by atoms with E-state index in [4.69, 9.17) is 4.74 Å². The molecule has 108 valence electrons. The van der Waals surface area contributed by atoms with Gasteiger partial charge in [-0.05, 0) is 6.92 Å². The number of rotatable bonds is 3. The summed E-state index contributed by atoms with van der Waals surface area (Å²) in [4.78, 5) is 15.1. The number of thioether (sulfide) groups is 1. The Morgan fingerprint density at radius 2 is 2.26 bits per heavy atom. The number of hydrogen-bond acceptors (Lipinski definition) is 6. The number of nitrogens with one attached hydrogen (secondary N) is 2. The minimum atomic E-state index is -1.04. The Bertz CT molecular complexity index is 379. The molecule has 2 aliphatic rings. The van der Waals surface area contributed by atoms with Crippen LogP contribution >= 0.6 is 11.8 Å². The van der Waals surface area contributed by atoms with Gasteiger partial charge >= 0.3 is 0 Å². The molecule has 0 spiro atoms. The Balaban J connectivity index is 2.01. The van der Waals surface area contributed by atoms with Gasteiger partial charge in [0.25, 0.3) is 0 Å². The summed E-state index contributed by atoms with van der Waals surface area (Å²) < 4.78 is 5.71. The molecule has 2 saturated heterocycles. The molecule has 1 amide bonds. The fraction of sp³-hybridized carbons (Fsp3) is 0.818. The van der Waals surface area contributed by atoms with Crippen LogP contribution in [-0.2, 0) is 9.53 Å². The highest BCUT2D eigenvalue weighted by atomic mass is 32.2. The van der Waals surface area contributed by atoms with Crippen LogP contribution in [0.2, 0.25) is 0 Å². The molecule has 0 saturated carbocycles. The van der Waals surface area contributed by atoms with Crippen LogP contribution in [0.15, 0.2) is 4.99 Å². The first-order valence-corrected chi connectivity index (χ1v) is 7.14. The molecular formula is C11H19N3O4S. The summed E-state index contributed by atoms with van der Waals surface area (Å²) in [5.41, 5.74) is -0.303. The van der Waals surface area contributed by atoms with Crippen LogP contribution in [0, 0.1) is 0 Å². The van der Waals surface area contributed by atoms with Crippen molar-refractivity contribution in [2.45, 2.75) is 43.6 Å². The number of amidine groups is 1. The van der Waals surface area contributed by atoms with E-state index in [1.165, 1.54) is 18.7 Å². The third-order valence-electron chi connectivity index (χ3n) is 3.07. The van der Waals surface area contributed by atoms with Gasteiger partial charge in [-0.15, -0.1) is 0 Å². The predicted molar refractivity (Wildman–Crippen MR) is 71.8 cm³/mol. The van der Waals surface area contributed by atoms with Crippen LogP contribution in [-0.4, -0.2) is 64.2 Å². The van der Waals surface area contributed by atoms with Crippen LogP contribution in [0.5, 0.6) is 0 Å². The Morgan fingerprint density at radius 1 is 1.53 bits per heavy atom. The lowest BCUT2D eigenvalue weighted by Gasteiger charge is -2.38. The Hall–Kier alpha value is -0.830. The quantitative estimate of drug-likeness (QED) is 0.512. The first kappa shape index (κ1) is 14.6. The van der Waals surface area contributed by atoms with Crippen LogP contribution in [0.1, 0.15) is 13.8 Å². The highest BCUT2D eigenvalue weighted by Crippen LogP contribution is 2.33. The second-order valence-electron chi connectivity index (χ2n) is 4.53. The second kappa shape index (κ2) is 6.08. The average molecular weight is 289 g/mol. The van der Waals surface area contributed by atoms with Crippen molar-refractivity contribution < 1.29 is 19.7 Å². The summed E-state index contributed by atoms with van der Waals surface area (Å²) in [6, 6.07) is -0.376. The third-order valence-corrected chi connectivity index (χ3v) is 4.18. The van der Waals surface area contributed by atoms with E-state index in [9.17, 15) is 15.0 Å². The highest BCUT2D eigenvalue weighted by molar-refractivity contribution is 8.14. The van der Waals surface area contributed by atoms with Crippen molar-refractivity contribution in [2.24, 2.45) is 4.99 Å². The maximum absolute atomic E-state index is 10.9. The maximum atomic E-state index is 10.9. The number of hydrogen-bond donors (Lipinski definition) is 4. The Morgan fingerprint density at radius 3 is 2.89 bits per heavy atom. The second-order valence-corrected chi connectivity index (χ2v) is 5.62. The van der Waals surface area contributed by atoms with Crippen LogP contribution < -0.4 is 10.6 Å². The van der Waals surface area contributed by atoms with Crippen molar-refractivity contribution in [1.82, 2.24) is 10.6 Å². The van der Waals surface area contributed by atoms with Gasteiger partial charge in [0.2, 0.25) is 5.91 Å². The van der Waals surface area contributed by atoms with Gasteiger partial charge in [0.1, 0.15) is 23.7 Å². The van der Waals surface area contributed by atoms with Gasteiger partial charge in [-0.2, -0.15) is 0 Å². The largest absolute Gasteiger partial charge is 0.388 e. The number of carbonyl (C=O) groups is 1. The molecular weight excluding hydrogens is 270 g/mol. The monoisotopic (exact) mass is 289 g/mol. The molecule has 7 nitrogen and oxygen atoms in total. The van der Waals surface area contributed by atoms with Crippen molar-refractivity contribution in [3.63, 3.8) is 0 Å². The number of nitrogens with zero attached hydrogens (tertiary/aromatic N) is 1. The molecule has 0 aromatic rings. The average Bonchev–Trinajstić information content (AvgIpc) is 2.75. The molecule has 0 aliphatic carbocycles. The van der Waals surface area contributed by atoms with Gasteiger partial charge < -0.3 is 25.6 Å². The molecule has 0 bridgehead atoms. The molecule has 5 atom stereocenters. The molecule has 4 N–H and O–H groups in total. The van der Waals surface area contributed by atoms with E-state index < -0.39 is 18.3 Å². The number of aliphatic hydroxyl groups excluding tert-OH is 2. The smallest absolute Gasteiger partial charge is 0.216 e. The molecule has 0 radical (unpaired) electrons. The molecule has 2 heterocycles. The number of ether oxygens (including phenoxy) is 1. The zero-order chi connectivity index (χ0) is 14.0. The van der Waals surface area contributed by atoms with Crippen molar-refractivity contribution in [3.8, 4) is 0 Å². The van der Waals surface area contributed by atoms with Gasteiger partial charge in [0.05, 0.1) is 6.04 Å². The molecule has 2 aliphatic heterocycles. The number of fused-ring (bicyclic) bond motifs is 1. The fourth-order valence-electron chi connectivity index (χ4n) is 2.11. The minimum absolute atomic E-state index is 0.178. The van der Waals surface area contributed by atoms with E-state index in [0.29, 0.717) is 11.7 Å². The Kier molecular flexibility index (Phi) is 4.67. The lowest BCUT2D eigenvalue weighted by atomic mass is 9.98. The van der Waals surface area contributed by atoms with Gasteiger partial charge in [-0.25, -0.2) is 0 Å². The van der Waals surface area contributed by atoms with Gasteiger partial charge in [0.15, 0.2) is 5.17 Å². The van der Waals surface area contributed by atoms with E-state index in [1.54, 1.807) is 0 Å². The number of amides is 1. The number of aliphatic hydroxyl groups is 2. The topological polar surface area (TPSA) is 103 Å². The first-order valence-electron chi connectivity index (χ1n) is 6.26. The third kappa shape index (κ3) is 3.19. The summed E-state index contributed by atoms with van der Waals surface area (Å²) >= 11 is 1.40. The lowest BCUT2D eigenvalue weighted by Crippen LogP contribution is -2.60. The normalized spacial score (nSPS) is 39.8. The van der Waals surface area contributed by atoms with E-state index in [-0.39, 0.29) is 23.9 Å². The minimum Gasteiger partial charge on any atom is -0.388 e. The molecule has 0 aromatic carbocycles. The van der Waals surface area contributed by atoms with Crippen LogP contribution in [0.25, 0.3) is 0 Å². The highest BCUT2D eigenvalue weighted by Gasteiger charge is 2.48. The van der Waals surface area contributed by atoms with Crippen LogP contribution in [0.3, 0.4) is 0 Å². The SMILES string of the molecule is CCN=C1N[C@@H]2[C@@H](O)[C@H](O)[C@@H](CNC(C)=O)O[C@@H]2S1. The Labute approximate surface area is 115 Å². The molecule has 0 unspecified atom stereocenters. The van der Waals surface area contributed by atoms with E-state index in [0.717, 1.165) is 0 Å². The van der Waals surface area contributed by atoms with Crippen molar-refractivity contribution >= 4 is 22.8 Å². The van der Waals surface area contributed by atoms with Gasteiger partial charge in [-0.1, -0.05) is 11.8 Å². The van der Waals surface area contributed by atoms with E-state index in [1.807, 2.05) is 6.92 Å². The zero-order valence-electron chi connectivity index (χ0n) is 10.9. The number of carbonyl (C=O) groups excluding carboxylic acids is 1. The van der Waals surface area contributed by atoms with Crippen molar-refractivity contribution in [1.29, 1.82) is 0 Å². The summed E-state index contributed by atoms with van der Waals surface area (Å²) in [6.45, 7) is 4.13. The zero-order valence-corrected chi connectivity index (χ0v) is 11.7. The van der Waals surface area contributed by atoms with Gasteiger partial charge in [-0.3, -0.25) is 9.79 Å². The van der Waals surface area contributed by atoms with Crippen molar-refractivity contribution in [3.05, 3.63) is 0 Å². The molecule has 2 rings (SSSR count). The number of aliphatic imine (C=N–C) groups is 1. The predicted octanol–water partition coefficient (Wildman–Crippen LogP) is -1.35. The summed E-state index contributed by atoms with van der Waals surface area (Å²) in [5, 5.41) is 26.4. The fourth-order valence-corrected chi connectivity index (χ4v) is 3.31.